The molecule has 0 radical (unpaired) electrons. The molecule has 294 valence electrons. The molecule has 4 aromatic rings. The van der Waals surface area contributed by atoms with Crippen molar-refractivity contribution in [3.63, 3.8) is 0 Å². The number of rotatable bonds is 11. The van der Waals surface area contributed by atoms with Crippen LogP contribution in [-0.4, -0.2) is 103 Å². The zero-order valence-corrected chi connectivity index (χ0v) is 33.5. The summed E-state index contributed by atoms with van der Waals surface area (Å²) in [5.41, 5.74) is 3.48. The van der Waals surface area contributed by atoms with E-state index >= 15 is 0 Å². The molecule has 14 nitrogen and oxygen atoms in total. The number of hydrogen-bond donors (Lipinski definition) is 3. The SMILES string of the molecule is COc1cc(N2CCN(CCCC#Cc3ccc4c(c3)C(=O)N(C3CCC(=O)NC3=O)C4=O)CC2)ccc1Nc1ncc(Cl)c(Nc2ccccc2P(C)(C)=O)n1. The molecule has 3 N–H and O–H groups in total. The third-order valence-corrected chi connectivity index (χ3v) is 11.9. The molecule has 4 heterocycles. The number of amides is 4. The molecule has 3 aromatic carbocycles. The molecule has 16 heteroatoms. The van der Waals surface area contributed by atoms with E-state index in [1.165, 1.54) is 6.20 Å². The van der Waals surface area contributed by atoms with Crippen molar-refractivity contribution in [2.75, 3.05) is 68.7 Å². The van der Waals surface area contributed by atoms with Crippen molar-refractivity contribution in [2.45, 2.75) is 31.7 Å². The lowest BCUT2D eigenvalue weighted by molar-refractivity contribution is -0.136. The number of unbranched alkanes of at least 4 members (excludes halogenated alkanes) is 1. The van der Waals surface area contributed by atoms with E-state index < -0.39 is 36.8 Å². The second-order valence-electron chi connectivity index (χ2n) is 14.3. The first-order valence-corrected chi connectivity index (χ1v) is 21.6. The number of fused-ring (bicyclic) bond motifs is 1. The number of halogens is 1. The van der Waals surface area contributed by atoms with Gasteiger partial charge in [0.15, 0.2) is 5.82 Å². The minimum Gasteiger partial charge on any atom is -0.494 e. The highest BCUT2D eigenvalue weighted by Gasteiger charge is 2.44. The number of hydrogen-bond acceptors (Lipinski definition) is 12. The fourth-order valence-corrected chi connectivity index (χ4v) is 8.42. The largest absolute Gasteiger partial charge is 0.494 e. The molecule has 1 aromatic heterocycles. The standard InChI is InChI=1S/C41H42ClN8O6P/c1-56-34-24-27(13-15-31(34)45-41-43-25-30(42)37(47-41)44-32-10-6-7-11-35(32)57(2,3)55)49-21-19-48(20-22-49)18-8-4-5-9-26-12-14-28-29(23-26)40(54)50(39(28)53)33-16-17-36(51)46-38(33)52/h6-7,10-15,23-25,33H,4,8,16-22H2,1-3H3,(H,46,51,52)(H2,43,44,45,47). The first-order chi connectivity index (χ1) is 27.4. The lowest BCUT2D eigenvalue weighted by Crippen LogP contribution is -2.54. The number of nitrogens with one attached hydrogen (secondary N) is 3. The van der Waals surface area contributed by atoms with Crippen LogP contribution in [0.25, 0.3) is 0 Å². The van der Waals surface area contributed by atoms with E-state index in [4.69, 9.17) is 16.3 Å². The van der Waals surface area contributed by atoms with Crippen molar-refractivity contribution in [3.05, 3.63) is 88.6 Å². The Morgan fingerprint density at radius 3 is 2.47 bits per heavy atom. The zero-order valence-electron chi connectivity index (χ0n) is 31.8. The summed E-state index contributed by atoms with van der Waals surface area (Å²) in [6.07, 6.45) is 3.24. The second kappa shape index (κ2) is 16.8. The summed E-state index contributed by atoms with van der Waals surface area (Å²) >= 11 is 6.45. The number of nitrogens with zero attached hydrogens (tertiary/aromatic N) is 5. The average molecular weight is 809 g/mol. The van der Waals surface area contributed by atoms with Gasteiger partial charge in [-0.15, -0.1) is 0 Å². The summed E-state index contributed by atoms with van der Waals surface area (Å²) in [6.45, 7) is 7.81. The Morgan fingerprint density at radius 2 is 1.72 bits per heavy atom. The molecule has 2 fully saturated rings. The molecule has 0 spiro atoms. The Hall–Kier alpha value is -5.74. The van der Waals surface area contributed by atoms with Crippen LogP contribution >= 0.6 is 18.7 Å². The Kier molecular flexibility index (Phi) is 11.6. The van der Waals surface area contributed by atoms with Gasteiger partial charge >= 0.3 is 0 Å². The van der Waals surface area contributed by atoms with Crippen LogP contribution in [0.5, 0.6) is 5.75 Å². The van der Waals surface area contributed by atoms with E-state index in [9.17, 15) is 23.7 Å². The number of aromatic nitrogens is 2. The number of para-hydroxylation sites is 1. The van der Waals surface area contributed by atoms with Gasteiger partial charge in [0.1, 0.15) is 24.0 Å². The highest BCUT2D eigenvalue weighted by Crippen LogP contribution is 2.39. The van der Waals surface area contributed by atoms with Gasteiger partial charge < -0.3 is 24.8 Å². The Morgan fingerprint density at radius 1 is 0.947 bits per heavy atom. The number of carbonyl (C=O) groups excluding carboxylic acids is 4. The number of imide groups is 2. The summed E-state index contributed by atoms with van der Waals surface area (Å²) < 4.78 is 18.6. The maximum atomic E-state index is 13.1. The number of ether oxygens (including phenoxy) is 1. The highest BCUT2D eigenvalue weighted by atomic mass is 35.5. The third kappa shape index (κ3) is 8.81. The smallest absolute Gasteiger partial charge is 0.262 e. The number of piperidine rings is 1. The van der Waals surface area contributed by atoms with Gasteiger partial charge in [-0.1, -0.05) is 35.6 Å². The maximum Gasteiger partial charge on any atom is 0.262 e. The fraction of sp³-hybridized carbons (Fsp3) is 0.317. The van der Waals surface area contributed by atoms with Crippen LogP contribution in [0, 0.1) is 11.8 Å². The molecule has 1 atom stereocenters. The van der Waals surface area contributed by atoms with Gasteiger partial charge in [0, 0.05) is 61.6 Å². The second-order valence-corrected chi connectivity index (χ2v) is 17.9. The van der Waals surface area contributed by atoms with Crippen LogP contribution in [0.15, 0.2) is 66.9 Å². The molecular formula is C41H42ClN8O6P. The summed E-state index contributed by atoms with van der Waals surface area (Å²) in [7, 11) is -0.938. The molecule has 4 amide bonds. The van der Waals surface area contributed by atoms with Gasteiger partial charge in [-0.2, -0.15) is 4.98 Å². The minimum absolute atomic E-state index is 0.0733. The number of carbonyl (C=O) groups is 4. The molecule has 0 saturated carbocycles. The highest BCUT2D eigenvalue weighted by molar-refractivity contribution is 7.70. The number of methoxy groups -OCH3 is 1. The molecule has 2 saturated heterocycles. The van der Waals surface area contributed by atoms with Crippen LogP contribution in [0.4, 0.5) is 28.8 Å². The predicted octanol–water partition coefficient (Wildman–Crippen LogP) is 5.23. The monoisotopic (exact) mass is 808 g/mol. The van der Waals surface area contributed by atoms with Gasteiger partial charge in [-0.3, -0.25) is 34.3 Å². The van der Waals surface area contributed by atoms with Gasteiger partial charge in [-0.05, 0) is 75.2 Å². The normalized spacial score (nSPS) is 17.2. The van der Waals surface area contributed by atoms with Gasteiger partial charge in [0.2, 0.25) is 17.8 Å². The van der Waals surface area contributed by atoms with E-state index in [-0.39, 0.29) is 24.0 Å². The maximum absolute atomic E-state index is 13.1. The van der Waals surface area contributed by atoms with Gasteiger partial charge in [0.05, 0.1) is 35.8 Å². The van der Waals surface area contributed by atoms with Gasteiger partial charge in [0.25, 0.3) is 11.8 Å². The van der Waals surface area contributed by atoms with Crippen molar-refractivity contribution in [3.8, 4) is 17.6 Å². The molecular weight excluding hydrogens is 767 g/mol. The first-order valence-electron chi connectivity index (χ1n) is 18.6. The van der Waals surface area contributed by atoms with Crippen molar-refractivity contribution < 1.29 is 28.5 Å². The molecule has 3 aliphatic heterocycles. The average Bonchev–Trinajstić information content (AvgIpc) is 3.44. The van der Waals surface area contributed by atoms with Crippen LogP contribution in [-0.2, 0) is 14.2 Å². The number of piperazine rings is 1. The van der Waals surface area contributed by atoms with Crippen molar-refractivity contribution in [2.24, 2.45) is 0 Å². The van der Waals surface area contributed by atoms with E-state index in [1.54, 1.807) is 38.6 Å². The number of anilines is 5. The van der Waals surface area contributed by atoms with E-state index in [0.29, 0.717) is 51.2 Å². The summed E-state index contributed by atoms with van der Waals surface area (Å²) in [5.74, 6) is 5.52. The summed E-state index contributed by atoms with van der Waals surface area (Å²) in [4.78, 5) is 64.6. The van der Waals surface area contributed by atoms with E-state index in [0.717, 1.165) is 49.7 Å². The van der Waals surface area contributed by atoms with Crippen LogP contribution in [0.2, 0.25) is 5.02 Å². The predicted molar refractivity (Wildman–Crippen MR) is 220 cm³/mol. The number of benzene rings is 3. The molecule has 1 unspecified atom stereocenters. The van der Waals surface area contributed by atoms with Crippen LogP contribution in [0.3, 0.4) is 0 Å². The molecule has 57 heavy (non-hydrogen) atoms. The Balaban J connectivity index is 0.897. The minimum atomic E-state index is -2.56. The summed E-state index contributed by atoms with van der Waals surface area (Å²) in [5, 5.41) is 9.70. The molecule has 3 aliphatic rings. The zero-order chi connectivity index (χ0) is 40.3. The van der Waals surface area contributed by atoms with Crippen molar-refractivity contribution in [1.29, 1.82) is 0 Å². The Bertz CT molecular complexity index is 2370. The van der Waals surface area contributed by atoms with Crippen molar-refractivity contribution >= 4 is 76.5 Å². The van der Waals surface area contributed by atoms with Crippen molar-refractivity contribution in [1.82, 2.24) is 25.1 Å². The van der Waals surface area contributed by atoms with Crippen LogP contribution < -0.4 is 30.9 Å². The van der Waals surface area contributed by atoms with E-state index in [1.807, 2.05) is 42.5 Å². The molecule has 0 aliphatic carbocycles. The Labute approximate surface area is 335 Å². The first kappa shape index (κ1) is 39.5. The molecule has 0 bridgehead atoms. The summed E-state index contributed by atoms with van der Waals surface area (Å²) in [6, 6.07) is 17.2. The van der Waals surface area contributed by atoms with Gasteiger partial charge in [-0.25, -0.2) is 4.98 Å². The third-order valence-electron chi connectivity index (χ3n) is 10.1. The van der Waals surface area contributed by atoms with Crippen LogP contribution in [0.1, 0.15) is 52.0 Å². The molecule has 7 rings (SSSR count). The quantitative estimate of drug-likeness (QED) is 0.0784. The van der Waals surface area contributed by atoms with E-state index in [2.05, 4.69) is 47.6 Å². The lowest BCUT2D eigenvalue weighted by Gasteiger charge is -2.36. The topological polar surface area (TPSA) is 166 Å². The lowest BCUT2D eigenvalue weighted by atomic mass is 10.0. The fourth-order valence-electron chi connectivity index (χ4n) is 7.13.